The highest BCUT2D eigenvalue weighted by Crippen LogP contribution is 2.34. The average molecular weight is 533 g/mol. The first-order chi connectivity index (χ1) is 18.3. The van der Waals surface area contributed by atoms with Crippen molar-refractivity contribution < 1.29 is 19.0 Å². The van der Waals surface area contributed by atoms with E-state index in [1.54, 1.807) is 42.4 Å². The van der Waals surface area contributed by atoms with Gasteiger partial charge in [-0.1, -0.05) is 50.0 Å². The van der Waals surface area contributed by atoms with Gasteiger partial charge in [-0.25, -0.2) is 4.79 Å². The van der Waals surface area contributed by atoms with Gasteiger partial charge in [0, 0.05) is 50.3 Å². The number of amides is 1. The van der Waals surface area contributed by atoms with Crippen LogP contribution in [0, 0.1) is 0 Å². The van der Waals surface area contributed by atoms with Crippen LogP contribution in [0.4, 0.5) is 4.79 Å². The lowest BCUT2D eigenvalue weighted by molar-refractivity contribution is 0.0784. The molecule has 1 amide bonds. The van der Waals surface area contributed by atoms with Crippen molar-refractivity contribution in [2.45, 2.75) is 39.0 Å². The first kappa shape index (κ1) is 27.0. The number of hydrogen-bond acceptors (Lipinski definition) is 8. The molecule has 1 N–H and O–H groups in total. The smallest absolute Gasteiger partial charge is 0.412 e. The number of nitrogens with zero attached hydrogens (tertiary/aromatic N) is 5. The summed E-state index contributed by atoms with van der Waals surface area (Å²) < 4.78 is 18.5. The second-order valence-corrected chi connectivity index (χ2v) is 15.5. The number of hydrogen-bond donors (Lipinski definition) is 1. The molecule has 0 radical (unpaired) electrons. The lowest BCUT2D eigenvalue weighted by Gasteiger charge is -2.15. The van der Waals surface area contributed by atoms with Gasteiger partial charge in [-0.2, -0.15) is 4.68 Å². The van der Waals surface area contributed by atoms with Crippen LogP contribution in [0.5, 0.6) is 11.5 Å². The first-order valence-electron chi connectivity index (χ1n) is 12.3. The fraction of sp³-hybridized carbons (Fsp3) is 0.296. The van der Waals surface area contributed by atoms with Gasteiger partial charge in [0.1, 0.15) is 18.2 Å². The average Bonchev–Trinajstić information content (AvgIpc) is 3.39. The van der Waals surface area contributed by atoms with Crippen molar-refractivity contribution in [3.8, 4) is 34.0 Å². The zero-order valence-electron chi connectivity index (χ0n) is 22.0. The first-order valence-corrected chi connectivity index (χ1v) is 16.0. The number of tetrazole rings is 1. The Balaban J connectivity index is 1.49. The van der Waals surface area contributed by atoms with E-state index in [1.807, 2.05) is 36.4 Å². The van der Waals surface area contributed by atoms with Crippen LogP contribution in [0.2, 0.25) is 25.7 Å². The molecule has 38 heavy (non-hydrogen) atoms. The lowest BCUT2D eigenvalue weighted by atomic mass is 10.0. The van der Waals surface area contributed by atoms with Crippen molar-refractivity contribution in [2.75, 3.05) is 13.7 Å². The molecular formula is C27H32N6O4Si. The Morgan fingerprint density at radius 1 is 1.03 bits per heavy atom. The molecule has 0 atom stereocenters. The molecule has 198 valence electrons. The third-order valence-corrected chi connectivity index (χ3v) is 7.41. The number of carbonyl (C=O) groups excluding carboxylic acids is 1. The molecule has 0 saturated heterocycles. The summed E-state index contributed by atoms with van der Waals surface area (Å²) in [5, 5.41) is 14.8. The zero-order valence-corrected chi connectivity index (χ0v) is 23.0. The Hall–Kier alpha value is -4.09. The van der Waals surface area contributed by atoms with Crippen molar-refractivity contribution in [1.82, 2.24) is 30.5 Å². The van der Waals surface area contributed by atoms with Crippen molar-refractivity contribution in [3.05, 3.63) is 72.6 Å². The summed E-state index contributed by atoms with van der Waals surface area (Å²) in [5.41, 5.74) is 3.16. The fourth-order valence-electron chi connectivity index (χ4n) is 3.63. The predicted molar refractivity (Wildman–Crippen MR) is 146 cm³/mol. The molecule has 0 bridgehead atoms. The highest BCUT2D eigenvalue weighted by Gasteiger charge is 2.16. The maximum Gasteiger partial charge on any atom is 0.412 e. The van der Waals surface area contributed by atoms with Crippen molar-refractivity contribution >= 4 is 14.2 Å². The van der Waals surface area contributed by atoms with Crippen molar-refractivity contribution in [1.29, 1.82) is 0 Å². The van der Waals surface area contributed by atoms with Crippen LogP contribution in [0.1, 0.15) is 5.56 Å². The van der Waals surface area contributed by atoms with E-state index in [2.05, 4.69) is 45.5 Å². The summed E-state index contributed by atoms with van der Waals surface area (Å²) in [5.74, 6) is 1.52. The number of pyridine rings is 1. The highest BCUT2D eigenvalue weighted by molar-refractivity contribution is 6.76. The van der Waals surface area contributed by atoms with Gasteiger partial charge in [-0.15, -0.1) is 5.10 Å². The molecule has 2 aromatic heterocycles. The number of carbonyl (C=O) groups is 1. The molecule has 0 fully saturated rings. The summed E-state index contributed by atoms with van der Waals surface area (Å²) in [6.45, 7) is 8.20. The van der Waals surface area contributed by atoms with Crippen molar-refractivity contribution in [3.63, 3.8) is 0 Å². The van der Waals surface area contributed by atoms with Crippen LogP contribution < -0.4 is 14.8 Å². The molecule has 0 aliphatic rings. The monoisotopic (exact) mass is 532 g/mol. The molecule has 4 rings (SSSR count). The number of nitrogens with one attached hydrogen (secondary N) is 1. The van der Waals surface area contributed by atoms with Crippen molar-refractivity contribution in [2.24, 2.45) is 0 Å². The van der Waals surface area contributed by atoms with Crippen LogP contribution in [0.3, 0.4) is 0 Å². The molecule has 0 saturated carbocycles. The van der Waals surface area contributed by atoms with Gasteiger partial charge in [-0.3, -0.25) is 4.98 Å². The van der Waals surface area contributed by atoms with Gasteiger partial charge in [0.15, 0.2) is 5.82 Å². The largest absolute Gasteiger partial charge is 0.496 e. The molecule has 11 heteroatoms. The maximum absolute atomic E-state index is 12.4. The van der Waals surface area contributed by atoms with E-state index in [9.17, 15) is 4.79 Å². The van der Waals surface area contributed by atoms with Gasteiger partial charge in [0.05, 0.1) is 7.11 Å². The number of ether oxygens (including phenoxy) is 3. The second kappa shape index (κ2) is 12.4. The van der Waals surface area contributed by atoms with E-state index < -0.39 is 14.2 Å². The number of methoxy groups -OCH3 is 1. The Kier molecular flexibility index (Phi) is 8.82. The van der Waals surface area contributed by atoms with E-state index in [-0.39, 0.29) is 6.73 Å². The SMILES string of the molecule is COc1ccc(OC(=O)NCc2ccccc2)cc1-c1cncc(-c2nnnn2COCC[Si](C)(C)C)c1. The molecule has 2 heterocycles. The standard InChI is InChI=1S/C27H32N6O4Si/c1-35-25-11-10-23(37-27(34)29-16-20-8-6-5-7-9-20)15-24(25)21-14-22(18-28-17-21)26-30-31-32-33(26)19-36-12-13-38(2,3)4/h5-11,14-15,17-18H,12-13,16,19H2,1-4H3,(H,29,34). The van der Waals surface area contributed by atoms with Gasteiger partial charge >= 0.3 is 6.09 Å². The third kappa shape index (κ3) is 7.46. The summed E-state index contributed by atoms with van der Waals surface area (Å²) in [6, 6.07) is 17.8. The molecule has 2 aromatic carbocycles. The summed E-state index contributed by atoms with van der Waals surface area (Å²) in [6.07, 6.45) is 2.85. The second-order valence-electron chi connectivity index (χ2n) is 9.90. The molecule has 0 spiro atoms. The number of benzene rings is 2. The highest BCUT2D eigenvalue weighted by atomic mass is 28.3. The van der Waals surface area contributed by atoms with Gasteiger partial charge < -0.3 is 19.5 Å². The third-order valence-electron chi connectivity index (χ3n) is 5.71. The molecule has 0 aliphatic carbocycles. The Bertz CT molecular complexity index is 1360. The maximum atomic E-state index is 12.4. The van der Waals surface area contributed by atoms with Gasteiger partial charge in [0.25, 0.3) is 0 Å². The minimum atomic E-state index is -1.19. The topological polar surface area (TPSA) is 113 Å². The van der Waals surface area contributed by atoms with E-state index in [0.717, 1.165) is 22.7 Å². The van der Waals surface area contributed by atoms with Crippen LogP contribution in [0.25, 0.3) is 22.5 Å². The molecule has 4 aromatic rings. The molecule has 0 aliphatic heterocycles. The molecule has 0 unspecified atom stereocenters. The fourth-order valence-corrected chi connectivity index (χ4v) is 4.38. The minimum absolute atomic E-state index is 0.252. The summed E-state index contributed by atoms with van der Waals surface area (Å²) in [7, 11) is 0.395. The number of aromatic nitrogens is 5. The lowest BCUT2D eigenvalue weighted by Crippen LogP contribution is -2.26. The van der Waals surface area contributed by atoms with Crippen LogP contribution in [-0.2, 0) is 18.0 Å². The van der Waals surface area contributed by atoms with Gasteiger partial charge in [0.2, 0.25) is 0 Å². The molecule has 10 nitrogen and oxygen atoms in total. The van der Waals surface area contributed by atoms with Gasteiger partial charge in [-0.05, 0) is 46.3 Å². The normalized spacial score (nSPS) is 11.3. The Labute approximate surface area is 223 Å². The van der Waals surface area contributed by atoms with E-state index in [4.69, 9.17) is 14.2 Å². The zero-order chi connectivity index (χ0) is 27.0. The predicted octanol–water partition coefficient (Wildman–Crippen LogP) is 5.01. The van der Waals surface area contributed by atoms with Crippen LogP contribution in [-0.4, -0.2) is 53.1 Å². The van der Waals surface area contributed by atoms with Crippen LogP contribution >= 0.6 is 0 Å². The minimum Gasteiger partial charge on any atom is -0.496 e. The molecular weight excluding hydrogens is 500 g/mol. The summed E-state index contributed by atoms with van der Waals surface area (Å²) >= 11 is 0. The Morgan fingerprint density at radius 3 is 2.58 bits per heavy atom. The van der Waals surface area contributed by atoms with E-state index >= 15 is 0 Å². The quantitative estimate of drug-likeness (QED) is 0.212. The van der Waals surface area contributed by atoms with E-state index in [0.29, 0.717) is 36.0 Å². The Morgan fingerprint density at radius 2 is 1.82 bits per heavy atom. The van der Waals surface area contributed by atoms with Crippen LogP contribution in [0.15, 0.2) is 67.0 Å². The number of rotatable bonds is 11. The summed E-state index contributed by atoms with van der Waals surface area (Å²) in [4.78, 5) is 16.8. The van der Waals surface area contributed by atoms with E-state index in [1.165, 1.54) is 0 Å².